The molecule has 0 amide bonds. The van der Waals surface area contributed by atoms with Crippen LogP contribution in [0.2, 0.25) is 0 Å². The third kappa shape index (κ3) is 3.76. The lowest BCUT2D eigenvalue weighted by atomic mass is 9.82. The van der Waals surface area contributed by atoms with Gasteiger partial charge in [-0.15, -0.1) is 0 Å². The van der Waals surface area contributed by atoms with Crippen LogP contribution in [0.5, 0.6) is 5.75 Å². The quantitative estimate of drug-likeness (QED) is 0.905. The van der Waals surface area contributed by atoms with Crippen LogP contribution in [0.15, 0.2) is 24.3 Å². The van der Waals surface area contributed by atoms with Crippen LogP contribution in [0, 0.1) is 0 Å². The zero-order valence-corrected chi connectivity index (χ0v) is 13.6. The van der Waals surface area contributed by atoms with Crippen molar-refractivity contribution in [1.82, 2.24) is 4.90 Å². The van der Waals surface area contributed by atoms with Crippen molar-refractivity contribution in [2.45, 2.75) is 51.0 Å². The maximum atomic E-state index is 6.15. The van der Waals surface area contributed by atoms with Gasteiger partial charge in [0.25, 0.3) is 0 Å². The second-order valence-corrected chi connectivity index (χ2v) is 6.30. The molecule has 0 aliphatic carbocycles. The fourth-order valence-corrected chi connectivity index (χ4v) is 3.49. The molecule has 1 aliphatic rings. The first kappa shape index (κ1) is 16.3. The second-order valence-electron chi connectivity index (χ2n) is 6.30. The zero-order chi connectivity index (χ0) is 15.5. The molecule has 0 saturated carbocycles. The SMILES string of the molecule is COc1cccc(CN(C)C2(CN)CC(C)OC(C)C2)c1. The first-order valence-electron chi connectivity index (χ1n) is 7.69. The number of nitrogens with zero attached hydrogens (tertiary/aromatic N) is 1. The molecule has 2 N–H and O–H groups in total. The summed E-state index contributed by atoms with van der Waals surface area (Å²) in [6.07, 6.45) is 2.47. The molecule has 0 spiro atoms. The van der Waals surface area contributed by atoms with E-state index in [1.54, 1.807) is 7.11 Å². The smallest absolute Gasteiger partial charge is 0.119 e. The third-order valence-corrected chi connectivity index (χ3v) is 4.54. The number of rotatable bonds is 5. The number of likely N-dealkylation sites (N-methyl/N-ethyl adjacent to an activating group) is 1. The Bertz CT molecular complexity index is 454. The molecule has 1 aromatic rings. The summed E-state index contributed by atoms with van der Waals surface area (Å²) in [5.41, 5.74) is 7.41. The van der Waals surface area contributed by atoms with E-state index in [4.69, 9.17) is 15.2 Å². The summed E-state index contributed by atoms with van der Waals surface area (Å²) in [6.45, 7) is 5.80. The lowest BCUT2D eigenvalue weighted by molar-refractivity contribution is -0.0993. The lowest BCUT2D eigenvalue weighted by Gasteiger charge is -2.48. The van der Waals surface area contributed by atoms with Gasteiger partial charge in [0, 0.05) is 18.6 Å². The van der Waals surface area contributed by atoms with E-state index in [1.165, 1.54) is 5.56 Å². The number of hydrogen-bond acceptors (Lipinski definition) is 4. The normalized spacial score (nSPS) is 29.6. The van der Waals surface area contributed by atoms with Crippen LogP contribution >= 0.6 is 0 Å². The highest BCUT2D eigenvalue weighted by Crippen LogP contribution is 2.33. The number of nitrogens with two attached hydrogens (primary N) is 1. The van der Waals surface area contributed by atoms with Crippen molar-refractivity contribution in [3.63, 3.8) is 0 Å². The van der Waals surface area contributed by atoms with Crippen LogP contribution in [0.4, 0.5) is 0 Å². The monoisotopic (exact) mass is 292 g/mol. The molecule has 0 aromatic heterocycles. The number of methoxy groups -OCH3 is 1. The van der Waals surface area contributed by atoms with E-state index in [-0.39, 0.29) is 17.7 Å². The standard InChI is InChI=1S/C17H28N2O2/c1-13-9-17(12-18,10-14(2)21-13)19(3)11-15-6-5-7-16(8-15)20-4/h5-8,13-14H,9-12,18H2,1-4H3. The molecule has 1 aliphatic heterocycles. The van der Waals surface area contributed by atoms with Crippen LogP contribution in [0.25, 0.3) is 0 Å². The fourth-order valence-electron chi connectivity index (χ4n) is 3.49. The number of benzene rings is 1. The molecule has 2 atom stereocenters. The van der Waals surface area contributed by atoms with Gasteiger partial charge in [0.2, 0.25) is 0 Å². The zero-order valence-electron chi connectivity index (χ0n) is 13.6. The highest BCUT2D eigenvalue weighted by atomic mass is 16.5. The van der Waals surface area contributed by atoms with Gasteiger partial charge >= 0.3 is 0 Å². The van der Waals surface area contributed by atoms with Gasteiger partial charge in [-0.3, -0.25) is 4.90 Å². The molecule has 1 fully saturated rings. The highest BCUT2D eigenvalue weighted by molar-refractivity contribution is 5.28. The fraction of sp³-hybridized carbons (Fsp3) is 0.647. The summed E-state index contributed by atoms with van der Waals surface area (Å²) in [6, 6.07) is 8.23. The van der Waals surface area contributed by atoms with Crippen LogP contribution in [0.3, 0.4) is 0 Å². The Morgan fingerprint density at radius 1 is 1.33 bits per heavy atom. The van der Waals surface area contributed by atoms with Crippen LogP contribution in [-0.2, 0) is 11.3 Å². The van der Waals surface area contributed by atoms with Crippen molar-refractivity contribution in [2.24, 2.45) is 5.73 Å². The Labute approximate surface area is 128 Å². The van der Waals surface area contributed by atoms with Crippen molar-refractivity contribution in [1.29, 1.82) is 0 Å². The molecule has 1 heterocycles. The van der Waals surface area contributed by atoms with Gasteiger partial charge in [0.15, 0.2) is 0 Å². The van der Waals surface area contributed by atoms with Crippen molar-refractivity contribution in [3.05, 3.63) is 29.8 Å². The molecule has 118 valence electrons. The molecule has 2 unspecified atom stereocenters. The molecular formula is C17H28N2O2. The van der Waals surface area contributed by atoms with E-state index in [2.05, 4.69) is 37.9 Å². The molecule has 4 nitrogen and oxygen atoms in total. The molecule has 0 radical (unpaired) electrons. The largest absolute Gasteiger partial charge is 0.497 e. The minimum Gasteiger partial charge on any atom is -0.497 e. The van der Waals surface area contributed by atoms with Crippen molar-refractivity contribution < 1.29 is 9.47 Å². The first-order chi connectivity index (χ1) is 9.99. The van der Waals surface area contributed by atoms with Gasteiger partial charge in [-0.2, -0.15) is 0 Å². The summed E-state index contributed by atoms with van der Waals surface area (Å²) in [7, 11) is 3.86. The molecule has 21 heavy (non-hydrogen) atoms. The average molecular weight is 292 g/mol. The molecular weight excluding hydrogens is 264 g/mol. The van der Waals surface area contributed by atoms with E-state index >= 15 is 0 Å². The summed E-state index contributed by atoms with van der Waals surface area (Å²) in [4.78, 5) is 2.39. The number of ether oxygens (including phenoxy) is 2. The minimum atomic E-state index is 0.0140. The summed E-state index contributed by atoms with van der Waals surface area (Å²) < 4.78 is 11.2. The Balaban J connectivity index is 2.14. The maximum absolute atomic E-state index is 6.15. The molecule has 1 saturated heterocycles. The Hall–Kier alpha value is -1.10. The van der Waals surface area contributed by atoms with E-state index in [0.717, 1.165) is 25.1 Å². The van der Waals surface area contributed by atoms with E-state index in [1.807, 2.05) is 12.1 Å². The van der Waals surface area contributed by atoms with Crippen molar-refractivity contribution >= 4 is 0 Å². The Morgan fingerprint density at radius 2 is 2.00 bits per heavy atom. The molecule has 2 rings (SSSR count). The van der Waals surface area contributed by atoms with Gasteiger partial charge in [-0.05, 0) is 51.4 Å². The van der Waals surface area contributed by atoms with E-state index in [9.17, 15) is 0 Å². The second kappa shape index (κ2) is 6.77. The van der Waals surface area contributed by atoms with E-state index < -0.39 is 0 Å². The summed E-state index contributed by atoms with van der Waals surface area (Å²) in [5.74, 6) is 0.899. The van der Waals surface area contributed by atoms with Crippen LogP contribution < -0.4 is 10.5 Å². The highest BCUT2D eigenvalue weighted by Gasteiger charge is 2.40. The van der Waals surface area contributed by atoms with Crippen LogP contribution in [0.1, 0.15) is 32.3 Å². The van der Waals surface area contributed by atoms with Gasteiger partial charge in [-0.1, -0.05) is 12.1 Å². The van der Waals surface area contributed by atoms with Gasteiger partial charge in [0.05, 0.1) is 19.3 Å². The Kier molecular flexibility index (Phi) is 5.25. The van der Waals surface area contributed by atoms with E-state index in [0.29, 0.717) is 6.54 Å². The van der Waals surface area contributed by atoms with Gasteiger partial charge in [0.1, 0.15) is 5.75 Å². The maximum Gasteiger partial charge on any atom is 0.119 e. The third-order valence-electron chi connectivity index (χ3n) is 4.54. The summed E-state index contributed by atoms with van der Waals surface area (Å²) >= 11 is 0. The molecule has 4 heteroatoms. The minimum absolute atomic E-state index is 0.0140. The lowest BCUT2D eigenvalue weighted by Crippen LogP contribution is -2.58. The van der Waals surface area contributed by atoms with Gasteiger partial charge < -0.3 is 15.2 Å². The predicted octanol–water partition coefficient (Wildman–Crippen LogP) is 2.41. The molecule has 0 bridgehead atoms. The first-order valence-corrected chi connectivity index (χ1v) is 7.69. The van der Waals surface area contributed by atoms with Crippen molar-refractivity contribution in [3.8, 4) is 5.75 Å². The number of hydrogen-bond donors (Lipinski definition) is 1. The van der Waals surface area contributed by atoms with Crippen LogP contribution in [-0.4, -0.2) is 43.3 Å². The van der Waals surface area contributed by atoms with Crippen molar-refractivity contribution in [2.75, 3.05) is 20.7 Å². The predicted molar refractivity (Wildman–Crippen MR) is 85.5 cm³/mol. The summed E-state index contributed by atoms with van der Waals surface area (Å²) in [5, 5.41) is 0. The molecule has 1 aromatic carbocycles. The average Bonchev–Trinajstić information content (AvgIpc) is 2.46. The topological polar surface area (TPSA) is 47.7 Å². The Morgan fingerprint density at radius 3 is 2.57 bits per heavy atom. The van der Waals surface area contributed by atoms with Gasteiger partial charge in [-0.25, -0.2) is 0 Å².